The van der Waals surface area contributed by atoms with Gasteiger partial charge in [0.2, 0.25) is 6.20 Å². The third kappa shape index (κ3) is 3.04. The van der Waals surface area contributed by atoms with Crippen molar-refractivity contribution in [3.8, 4) is 28.5 Å². The number of methoxy groups -OCH3 is 1. The minimum Gasteiger partial charge on any atom is -0.619 e. The van der Waals surface area contributed by atoms with Crippen molar-refractivity contribution in [3.05, 3.63) is 88.7 Å². The van der Waals surface area contributed by atoms with Crippen molar-refractivity contribution >= 4 is 0 Å². The molecule has 134 valence electrons. The van der Waals surface area contributed by atoms with E-state index in [0.717, 1.165) is 5.69 Å². The molecule has 0 aliphatic rings. The summed E-state index contributed by atoms with van der Waals surface area (Å²) in [4.78, 5) is 12.8. The third-order valence-electron chi connectivity index (χ3n) is 4.02. The molecule has 0 aliphatic carbocycles. The summed E-state index contributed by atoms with van der Waals surface area (Å²) in [6, 6.07) is 14.5. The van der Waals surface area contributed by atoms with E-state index in [1.54, 1.807) is 29.1 Å². The number of hydrogen-bond acceptors (Lipinski definition) is 5. The minimum atomic E-state index is -0.364. The van der Waals surface area contributed by atoms with Gasteiger partial charge in [0.15, 0.2) is 17.6 Å². The van der Waals surface area contributed by atoms with Crippen molar-refractivity contribution in [2.24, 2.45) is 0 Å². The second-order valence-electron chi connectivity index (χ2n) is 5.71. The standard InChI is InChI=1S/C19H15N5O3/c1-27-17-13-23(15-8-5-11-22(26)12-15)21-18(19(17)25)16-9-10-20-24(16)14-6-3-2-4-7-14/h2-13H,1H3. The number of ether oxygens (including phenoxy) is 1. The lowest BCUT2D eigenvalue weighted by Crippen LogP contribution is -2.26. The Bertz CT molecular complexity index is 1150. The van der Waals surface area contributed by atoms with Crippen LogP contribution in [-0.4, -0.2) is 26.7 Å². The molecule has 0 saturated heterocycles. The molecule has 4 aromatic rings. The summed E-state index contributed by atoms with van der Waals surface area (Å²) in [5.41, 5.74) is 1.61. The third-order valence-corrected chi connectivity index (χ3v) is 4.02. The molecule has 0 fully saturated rings. The first-order valence-electron chi connectivity index (χ1n) is 8.14. The number of aromatic nitrogens is 5. The lowest BCUT2D eigenvalue weighted by atomic mass is 10.2. The van der Waals surface area contributed by atoms with Crippen LogP contribution in [-0.2, 0) is 0 Å². The fourth-order valence-corrected chi connectivity index (χ4v) is 2.75. The summed E-state index contributed by atoms with van der Waals surface area (Å²) >= 11 is 0. The summed E-state index contributed by atoms with van der Waals surface area (Å²) in [5, 5.41) is 20.3. The minimum absolute atomic E-state index is 0.113. The molecular formula is C19H15N5O3. The van der Waals surface area contributed by atoms with Crippen LogP contribution in [0.25, 0.3) is 22.8 Å². The average Bonchev–Trinajstić information content (AvgIpc) is 3.18. The lowest BCUT2D eigenvalue weighted by molar-refractivity contribution is -0.605. The van der Waals surface area contributed by atoms with E-state index >= 15 is 0 Å². The topological polar surface area (TPSA) is 88.9 Å². The Morgan fingerprint density at radius 2 is 1.85 bits per heavy atom. The SMILES string of the molecule is COc1cn(-c2ccc[n+]([O-])c2)nc(-c2ccnn2-c2ccccc2)c1=O. The van der Waals surface area contributed by atoms with Crippen LogP contribution in [0.4, 0.5) is 0 Å². The van der Waals surface area contributed by atoms with E-state index in [4.69, 9.17) is 4.74 Å². The van der Waals surface area contributed by atoms with E-state index in [1.165, 1.54) is 30.4 Å². The predicted molar refractivity (Wildman–Crippen MR) is 97.9 cm³/mol. The van der Waals surface area contributed by atoms with Crippen LogP contribution in [0.5, 0.6) is 5.75 Å². The van der Waals surface area contributed by atoms with Crippen LogP contribution < -0.4 is 14.9 Å². The largest absolute Gasteiger partial charge is 0.619 e. The Kier molecular flexibility index (Phi) is 4.13. The van der Waals surface area contributed by atoms with E-state index in [1.807, 2.05) is 30.3 Å². The van der Waals surface area contributed by atoms with Crippen LogP contribution >= 0.6 is 0 Å². The van der Waals surface area contributed by atoms with E-state index in [2.05, 4.69) is 10.2 Å². The van der Waals surface area contributed by atoms with Gasteiger partial charge in [0.1, 0.15) is 5.69 Å². The Labute approximate surface area is 154 Å². The molecule has 0 atom stereocenters. The molecule has 4 rings (SSSR count). The van der Waals surface area contributed by atoms with Gasteiger partial charge in [-0.05, 0) is 24.3 Å². The molecule has 0 spiro atoms. The van der Waals surface area contributed by atoms with Gasteiger partial charge in [-0.2, -0.15) is 14.9 Å². The zero-order valence-electron chi connectivity index (χ0n) is 14.4. The highest BCUT2D eigenvalue weighted by Gasteiger charge is 2.18. The van der Waals surface area contributed by atoms with Crippen molar-refractivity contribution < 1.29 is 9.47 Å². The molecule has 27 heavy (non-hydrogen) atoms. The van der Waals surface area contributed by atoms with E-state index in [0.29, 0.717) is 16.1 Å². The number of para-hydroxylation sites is 1. The van der Waals surface area contributed by atoms with E-state index < -0.39 is 0 Å². The Morgan fingerprint density at radius 1 is 1.07 bits per heavy atom. The predicted octanol–water partition coefficient (Wildman–Crippen LogP) is 1.73. The maximum absolute atomic E-state index is 12.8. The smallest absolute Gasteiger partial charge is 0.251 e. The van der Waals surface area contributed by atoms with Crippen molar-refractivity contribution in [3.63, 3.8) is 0 Å². The second-order valence-corrected chi connectivity index (χ2v) is 5.71. The Hall–Kier alpha value is -3.94. The summed E-state index contributed by atoms with van der Waals surface area (Å²) in [6.07, 6.45) is 5.77. The molecule has 0 amide bonds. The van der Waals surface area contributed by atoms with Gasteiger partial charge in [-0.15, -0.1) is 0 Å². The van der Waals surface area contributed by atoms with Gasteiger partial charge < -0.3 is 9.94 Å². The number of pyridine rings is 1. The zero-order valence-corrected chi connectivity index (χ0v) is 14.4. The van der Waals surface area contributed by atoms with Crippen LogP contribution in [0.1, 0.15) is 0 Å². The number of hydrogen-bond donors (Lipinski definition) is 0. The van der Waals surface area contributed by atoms with Gasteiger partial charge in [-0.3, -0.25) is 4.79 Å². The van der Waals surface area contributed by atoms with Gasteiger partial charge in [0.05, 0.1) is 30.9 Å². The summed E-state index contributed by atoms with van der Waals surface area (Å²) < 4.78 is 8.96. The van der Waals surface area contributed by atoms with Gasteiger partial charge in [-0.25, -0.2) is 9.36 Å². The number of benzene rings is 1. The summed E-state index contributed by atoms with van der Waals surface area (Å²) in [7, 11) is 1.41. The molecule has 0 radical (unpaired) electrons. The lowest BCUT2D eigenvalue weighted by Gasteiger charge is -2.11. The van der Waals surface area contributed by atoms with Crippen molar-refractivity contribution in [2.75, 3.05) is 7.11 Å². The highest BCUT2D eigenvalue weighted by atomic mass is 16.5. The van der Waals surface area contributed by atoms with Crippen molar-refractivity contribution in [2.45, 2.75) is 0 Å². The normalized spacial score (nSPS) is 10.7. The molecule has 3 aromatic heterocycles. The van der Waals surface area contributed by atoms with E-state index in [9.17, 15) is 10.0 Å². The van der Waals surface area contributed by atoms with Gasteiger partial charge in [0.25, 0.3) is 5.43 Å². The highest BCUT2D eigenvalue weighted by molar-refractivity contribution is 5.59. The molecule has 0 unspecified atom stereocenters. The molecule has 0 saturated carbocycles. The molecule has 0 N–H and O–H groups in total. The van der Waals surface area contributed by atoms with Crippen molar-refractivity contribution in [1.29, 1.82) is 0 Å². The first kappa shape index (κ1) is 16.5. The fourth-order valence-electron chi connectivity index (χ4n) is 2.75. The maximum Gasteiger partial charge on any atom is 0.251 e. The van der Waals surface area contributed by atoms with Gasteiger partial charge in [-0.1, -0.05) is 18.2 Å². The van der Waals surface area contributed by atoms with Gasteiger partial charge >= 0.3 is 0 Å². The number of rotatable bonds is 4. The fraction of sp³-hybridized carbons (Fsp3) is 0.0526. The van der Waals surface area contributed by atoms with Crippen LogP contribution in [0.2, 0.25) is 0 Å². The van der Waals surface area contributed by atoms with Crippen LogP contribution in [0.15, 0.2) is 78.1 Å². The van der Waals surface area contributed by atoms with Crippen LogP contribution in [0, 0.1) is 5.21 Å². The van der Waals surface area contributed by atoms with Crippen LogP contribution in [0.3, 0.4) is 0 Å². The first-order chi connectivity index (χ1) is 13.2. The number of nitrogens with zero attached hydrogens (tertiary/aromatic N) is 5. The molecule has 0 bridgehead atoms. The van der Waals surface area contributed by atoms with Crippen molar-refractivity contribution in [1.82, 2.24) is 19.6 Å². The highest BCUT2D eigenvalue weighted by Crippen LogP contribution is 2.20. The zero-order chi connectivity index (χ0) is 18.8. The van der Waals surface area contributed by atoms with E-state index in [-0.39, 0.29) is 16.9 Å². The average molecular weight is 361 g/mol. The quantitative estimate of drug-likeness (QED) is 0.408. The first-order valence-corrected chi connectivity index (χ1v) is 8.14. The molecule has 3 heterocycles. The Balaban J connectivity index is 1.93. The maximum atomic E-state index is 12.8. The molecular weight excluding hydrogens is 346 g/mol. The molecule has 0 aliphatic heterocycles. The molecule has 8 nitrogen and oxygen atoms in total. The van der Waals surface area contributed by atoms with Gasteiger partial charge in [0, 0.05) is 6.07 Å². The molecule has 1 aromatic carbocycles. The Morgan fingerprint density at radius 3 is 2.59 bits per heavy atom. The second kappa shape index (κ2) is 6.75. The monoisotopic (exact) mass is 361 g/mol. The summed E-state index contributed by atoms with van der Waals surface area (Å²) in [5.74, 6) is 0.113. The molecule has 8 heteroatoms. The summed E-state index contributed by atoms with van der Waals surface area (Å²) in [6.45, 7) is 0.